The molecule has 5 rings (SSSR count). The fourth-order valence-electron chi connectivity index (χ4n) is 4.88. The van der Waals surface area contributed by atoms with Crippen LogP contribution in [0, 0.1) is 6.92 Å². The Bertz CT molecular complexity index is 1460. The summed E-state index contributed by atoms with van der Waals surface area (Å²) in [4.78, 5) is 42.4. The smallest absolute Gasteiger partial charge is 0.338 e. The molecule has 0 bridgehead atoms. The van der Waals surface area contributed by atoms with Gasteiger partial charge >= 0.3 is 5.97 Å². The number of Topliss-reactive ketones (excluding diaryl/α,β-unsaturated/α-hetero) is 1. The number of carbonyl (C=O) groups is 3. The van der Waals surface area contributed by atoms with E-state index in [4.69, 9.17) is 9.47 Å². The van der Waals surface area contributed by atoms with Gasteiger partial charge in [-0.25, -0.2) is 4.79 Å². The molecule has 1 N–H and O–H groups in total. The number of fused-ring (bicyclic) bond motifs is 1. The number of aryl methyl sites for hydroxylation is 1. The van der Waals surface area contributed by atoms with Gasteiger partial charge in [0.15, 0.2) is 0 Å². The van der Waals surface area contributed by atoms with Crippen LogP contribution in [0.25, 0.3) is 5.76 Å². The van der Waals surface area contributed by atoms with Crippen LogP contribution in [0.15, 0.2) is 72.3 Å². The monoisotopic (exact) mass is 512 g/mol. The third-order valence-corrected chi connectivity index (χ3v) is 6.79. The first-order valence-electron chi connectivity index (χ1n) is 12.4. The number of anilines is 2. The van der Waals surface area contributed by atoms with Gasteiger partial charge in [0.2, 0.25) is 0 Å². The molecule has 1 saturated heterocycles. The Balaban J connectivity index is 1.64. The number of hydrogen-bond acceptors (Lipinski definition) is 7. The Hall–Kier alpha value is -4.59. The van der Waals surface area contributed by atoms with E-state index in [1.807, 2.05) is 43.1 Å². The Kier molecular flexibility index (Phi) is 6.63. The highest BCUT2D eigenvalue weighted by atomic mass is 16.5. The van der Waals surface area contributed by atoms with Gasteiger partial charge in [0.05, 0.1) is 36.0 Å². The van der Waals surface area contributed by atoms with E-state index >= 15 is 0 Å². The van der Waals surface area contributed by atoms with Crippen LogP contribution >= 0.6 is 0 Å². The highest BCUT2D eigenvalue weighted by Crippen LogP contribution is 2.43. The first-order chi connectivity index (χ1) is 18.3. The average Bonchev–Trinajstić information content (AvgIpc) is 3.18. The number of benzene rings is 3. The van der Waals surface area contributed by atoms with Crippen molar-refractivity contribution in [3.05, 3.63) is 94.6 Å². The summed E-state index contributed by atoms with van der Waals surface area (Å²) in [5.41, 5.74) is 3.57. The highest BCUT2D eigenvalue weighted by Gasteiger charge is 2.47. The fourth-order valence-corrected chi connectivity index (χ4v) is 4.88. The van der Waals surface area contributed by atoms with E-state index in [2.05, 4.69) is 0 Å². The van der Waals surface area contributed by atoms with Crippen molar-refractivity contribution in [2.45, 2.75) is 19.9 Å². The van der Waals surface area contributed by atoms with Crippen LogP contribution in [0.5, 0.6) is 5.75 Å². The van der Waals surface area contributed by atoms with E-state index in [0.717, 1.165) is 11.3 Å². The van der Waals surface area contributed by atoms with Crippen LogP contribution < -0.4 is 14.5 Å². The number of ether oxygens (including phenoxy) is 2. The van der Waals surface area contributed by atoms with Crippen molar-refractivity contribution in [2.75, 3.05) is 36.6 Å². The SMILES string of the molecule is CCOC(=O)c1ccc(N2C(=O)C(=O)/C(=C(\O)c3ccc4c(c3)N(C)CCO4)C2c2cccc(C)c2)cc1. The number of amides is 1. The van der Waals surface area contributed by atoms with E-state index in [0.29, 0.717) is 41.3 Å². The minimum absolute atomic E-state index is 0.00519. The van der Waals surface area contributed by atoms with Crippen molar-refractivity contribution in [3.63, 3.8) is 0 Å². The van der Waals surface area contributed by atoms with Crippen molar-refractivity contribution < 1.29 is 29.0 Å². The lowest BCUT2D eigenvalue weighted by atomic mass is 9.94. The minimum atomic E-state index is -0.867. The second-order valence-electron chi connectivity index (χ2n) is 9.30. The van der Waals surface area contributed by atoms with Gasteiger partial charge in [-0.05, 0) is 61.9 Å². The van der Waals surface area contributed by atoms with Crippen LogP contribution in [0.1, 0.15) is 40.0 Å². The predicted octanol–water partition coefficient (Wildman–Crippen LogP) is 4.63. The summed E-state index contributed by atoms with van der Waals surface area (Å²) < 4.78 is 10.8. The number of esters is 1. The molecular formula is C30H28N2O6. The third-order valence-electron chi connectivity index (χ3n) is 6.79. The van der Waals surface area contributed by atoms with Crippen molar-refractivity contribution in [1.29, 1.82) is 0 Å². The molecule has 2 aliphatic rings. The summed E-state index contributed by atoms with van der Waals surface area (Å²) in [5.74, 6) is -1.60. The van der Waals surface area contributed by atoms with Gasteiger partial charge in [-0.15, -0.1) is 0 Å². The van der Waals surface area contributed by atoms with Crippen LogP contribution in [0.2, 0.25) is 0 Å². The topological polar surface area (TPSA) is 96.4 Å². The van der Waals surface area contributed by atoms with E-state index in [1.165, 1.54) is 4.90 Å². The zero-order chi connectivity index (χ0) is 27.0. The summed E-state index contributed by atoms with van der Waals surface area (Å²) in [5, 5.41) is 11.5. The molecule has 194 valence electrons. The minimum Gasteiger partial charge on any atom is -0.507 e. The van der Waals surface area contributed by atoms with Crippen molar-refractivity contribution in [1.82, 2.24) is 0 Å². The number of aliphatic hydroxyl groups excluding tert-OH is 1. The zero-order valence-corrected chi connectivity index (χ0v) is 21.4. The van der Waals surface area contributed by atoms with Gasteiger partial charge in [-0.3, -0.25) is 14.5 Å². The molecule has 0 radical (unpaired) electrons. The third kappa shape index (κ3) is 4.38. The molecule has 1 amide bonds. The average molecular weight is 513 g/mol. The molecule has 1 unspecified atom stereocenters. The number of carbonyl (C=O) groups excluding carboxylic acids is 3. The summed E-state index contributed by atoms with van der Waals surface area (Å²) >= 11 is 0. The first-order valence-corrected chi connectivity index (χ1v) is 12.4. The van der Waals surface area contributed by atoms with Crippen LogP contribution in [0.3, 0.4) is 0 Å². The van der Waals surface area contributed by atoms with E-state index in [-0.39, 0.29) is 17.9 Å². The van der Waals surface area contributed by atoms with E-state index in [9.17, 15) is 19.5 Å². The number of aliphatic hydroxyl groups is 1. The van der Waals surface area contributed by atoms with Crippen molar-refractivity contribution in [3.8, 4) is 5.75 Å². The number of likely N-dealkylation sites (N-methyl/N-ethyl adjacent to an activating group) is 1. The molecule has 1 atom stereocenters. The number of ketones is 1. The summed E-state index contributed by atoms with van der Waals surface area (Å²) in [7, 11) is 1.93. The lowest BCUT2D eigenvalue weighted by Crippen LogP contribution is -2.29. The Morgan fingerprint density at radius 1 is 1.05 bits per heavy atom. The lowest BCUT2D eigenvalue weighted by molar-refractivity contribution is -0.132. The summed E-state index contributed by atoms with van der Waals surface area (Å²) in [6.45, 7) is 5.13. The second-order valence-corrected chi connectivity index (χ2v) is 9.30. The largest absolute Gasteiger partial charge is 0.507 e. The number of hydrogen-bond donors (Lipinski definition) is 1. The standard InChI is InChI=1S/C30H28N2O6/c1-4-37-30(36)19-8-11-22(12-9-19)32-26(20-7-5-6-18(2)16-20)25(28(34)29(32)35)27(33)21-10-13-24-23(17-21)31(3)14-15-38-24/h5-13,16-17,26,33H,4,14-15H2,1-3H3/b27-25-. The van der Waals surface area contributed by atoms with E-state index < -0.39 is 23.7 Å². The molecule has 0 saturated carbocycles. The summed E-state index contributed by atoms with van der Waals surface area (Å²) in [6, 6.07) is 18.1. The van der Waals surface area contributed by atoms with Crippen molar-refractivity contribution in [2.24, 2.45) is 0 Å². The Morgan fingerprint density at radius 2 is 1.79 bits per heavy atom. The van der Waals surface area contributed by atoms with Crippen LogP contribution in [-0.2, 0) is 14.3 Å². The highest BCUT2D eigenvalue weighted by molar-refractivity contribution is 6.51. The summed E-state index contributed by atoms with van der Waals surface area (Å²) in [6.07, 6.45) is 0. The Labute approximate surface area is 220 Å². The molecular weight excluding hydrogens is 484 g/mol. The molecule has 2 aliphatic heterocycles. The van der Waals surface area contributed by atoms with Gasteiger partial charge in [-0.1, -0.05) is 29.8 Å². The van der Waals surface area contributed by atoms with Gasteiger partial charge in [0, 0.05) is 18.3 Å². The van der Waals surface area contributed by atoms with Crippen LogP contribution in [-0.4, -0.2) is 49.6 Å². The second kappa shape index (κ2) is 10.0. The molecule has 0 aromatic heterocycles. The Morgan fingerprint density at radius 3 is 2.50 bits per heavy atom. The molecule has 3 aromatic carbocycles. The molecule has 1 fully saturated rings. The fraction of sp³-hybridized carbons (Fsp3) is 0.233. The lowest BCUT2D eigenvalue weighted by Gasteiger charge is -2.28. The quantitative estimate of drug-likeness (QED) is 0.231. The van der Waals surface area contributed by atoms with Gasteiger partial charge in [0.1, 0.15) is 18.1 Å². The van der Waals surface area contributed by atoms with Crippen molar-refractivity contribution >= 4 is 34.8 Å². The van der Waals surface area contributed by atoms with Gasteiger partial charge < -0.3 is 19.5 Å². The molecule has 0 spiro atoms. The number of rotatable bonds is 5. The van der Waals surface area contributed by atoms with E-state index in [1.54, 1.807) is 49.4 Å². The molecule has 0 aliphatic carbocycles. The van der Waals surface area contributed by atoms with Crippen LogP contribution in [0.4, 0.5) is 11.4 Å². The zero-order valence-electron chi connectivity index (χ0n) is 21.4. The first kappa shape index (κ1) is 25.1. The number of nitrogens with zero attached hydrogens (tertiary/aromatic N) is 2. The molecule has 38 heavy (non-hydrogen) atoms. The molecule has 2 heterocycles. The molecule has 8 heteroatoms. The predicted molar refractivity (Wildman–Crippen MR) is 144 cm³/mol. The van der Waals surface area contributed by atoms with Gasteiger partial charge in [0.25, 0.3) is 11.7 Å². The normalized spacial score (nSPS) is 18.2. The maximum atomic E-state index is 13.5. The molecule has 3 aromatic rings. The van der Waals surface area contributed by atoms with Gasteiger partial charge in [-0.2, -0.15) is 0 Å². The molecule has 8 nitrogen and oxygen atoms in total. The maximum Gasteiger partial charge on any atom is 0.338 e. The maximum absolute atomic E-state index is 13.5.